The van der Waals surface area contributed by atoms with Crippen LogP contribution >= 0.6 is 0 Å². The third-order valence-electron chi connectivity index (χ3n) is 11.0. The zero-order valence-electron chi connectivity index (χ0n) is 39.8. The highest BCUT2D eigenvalue weighted by Crippen LogP contribution is 2.46. The van der Waals surface area contributed by atoms with Crippen LogP contribution in [0.5, 0.6) is 0 Å². The van der Waals surface area contributed by atoms with Crippen LogP contribution in [0.25, 0.3) is 32.3 Å². The van der Waals surface area contributed by atoms with Crippen LogP contribution in [0.15, 0.2) is 51.1 Å². The minimum absolute atomic E-state index is 0.0385. The van der Waals surface area contributed by atoms with Gasteiger partial charge in [-0.25, -0.2) is 25.3 Å². The van der Waals surface area contributed by atoms with Gasteiger partial charge in [0.25, 0.3) is 30.4 Å². The van der Waals surface area contributed by atoms with Crippen LogP contribution in [-0.4, -0.2) is 181 Å². The SMILES string of the molecule is CC(C)COCC(C)(C)COCCOCCCC(C)Nc1cc(S(=O)(=O)N(C)CCS(=O)(=O)O)c2ccc3c(S(=O)(=O)N(C)CCS(=O)(=O)O)cc(S(=O)(=O)N(C)CCS(=O)(=O)O)c4ccc1c2c43. The summed E-state index contributed by atoms with van der Waals surface area (Å²) in [7, 11) is -25.4. The van der Waals surface area contributed by atoms with E-state index in [4.69, 9.17) is 14.2 Å². The molecule has 0 saturated heterocycles. The van der Waals surface area contributed by atoms with Crippen LogP contribution in [0.3, 0.4) is 0 Å². The first-order chi connectivity index (χ1) is 31.6. The van der Waals surface area contributed by atoms with Gasteiger partial charge in [0.1, 0.15) is 0 Å². The van der Waals surface area contributed by atoms with Gasteiger partial charge in [-0.1, -0.05) is 52.0 Å². The molecule has 0 spiro atoms. The molecule has 0 aromatic heterocycles. The van der Waals surface area contributed by atoms with E-state index in [1.54, 1.807) is 0 Å². The van der Waals surface area contributed by atoms with E-state index in [9.17, 15) is 64.2 Å². The van der Waals surface area contributed by atoms with Gasteiger partial charge in [0, 0.05) is 103 Å². The Kier molecular flexibility index (Phi) is 19.4. The summed E-state index contributed by atoms with van der Waals surface area (Å²) in [4.78, 5) is -1.78. The number of hydrogen-bond acceptors (Lipinski definition) is 16. The third-order valence-corrected chi connectivity index (χ3v) is 18.8. The van der Waals surface area contributed by atoms with Crippen LogP contribution in [0.4, 0.5) is 5.69 Å². The molecule has 0 aliphatic carbocycles. The van der Waals surface area contributed by atoms with Crippen molar-refractivity contribution in [2.24, 2.45) is 11.3 Å². The summed E-state index contributed by atoms with van der Waals surface area (Å²) >= 11 is 0. The Morgan fingerprint density at radius 3 is 1.35 bits per heavy atom. The molecular formula is C41H64N4O18S6. The number of rotatable bonds is 30. The lowest BCUT2D eigenvalue weighted by Crippen LogP contribution is -2.33. The standard InChI is InChI=1S/C41H64N4O18S6/c1-29(2)26-63-28-41(4,5)27-62-20-19-61-18-9-10-30(3)42-35-24-36(67(55,56)43(6)15-21-64(46,47)48)32-13-14-34-38(69(59,60)45(8)17-23-66(52,53)54)25-37(33-12-11-31(35)39(32)40(33)34)68(57,58)44(7)16-22-65(49,50)51/h11-14,24-25,29-30,42H,9-10,15-23,26-28H2,1-8H3,(H,46,47,48)(H,49,50,51)(H,52,53,54). The molecule has 69 heavy (non-hydrogen) atoms. The maximum Gasteiger partial charge on any atom is 0.266 e. The molecule has 0 aliphatic heterocycles. The number of nitrogens with one attached hydrogen (secondary N) is 1. The highest BCUT2D eigenvalue weighted by Gasteiger charge is 2.34. The van der Waals surface area contributed by atoms with Crippen molar-refractivity contribution in [2.75, 3.05) is 103 Å². The molecule has 1 atom stereocenters. The summed E-state index contributed by atoms with van der Waals surface area (Å²) in [5, 5.41) is 3.22. The van der Waals surface area contributed by atoms with Crippen LogP contribution in [0.2, 0.25) is 0 Å². The molecule has 0 saturated carbocycles. The Morgan fingerprint density at radius 2 is 0.928 bits per heavy atom. The molecule has 22 nitrogen and oxygen atoms in total. The van der Waals surface area contributed by atoms with Gasteiger partial charge < -0.3 is 19.5 Å². The average Bonchev–Trinajstić information content (AvgIpc) is 3.22. The molecule has 4 rings (SSSR count). The molecule has 4 aromatic carbocycles. The van der Waals surface area contributed by atoms with E-state index in [0.29, 0.717) is 71.3 Å². The van der Waals surface area contributed by atoms with Crippen LogP contribution in [-0.2, 0) is 74.6 Å². The smallest absolute Gasteiger partial charge is 0.266 e. The Morgan fingerprint density at radius 1 is 0.551 bits per heavy atom. The fourth-order valence-electron chi connectivity index (χ4n) is 7.26. The number of ether oxygens (including phenoxy) is 3. The molecule has 1 unspecified atom stereocenters. The highest BCUT2D eigenvalue weighted by molar-refractivity contribution is 7.90. The van der Waals surface area contributed by atoms with Crippen LogP contribution in [0.1, 0.15) is 47.5 Å². The molecule has 4 aromatic rings. The van der Waals surface area contributed by atoms with Crippen LogP contribution < -0.4 is 5.32 Å². The van der Waals surface area contributed by atoms with Crippen molar-refractivity contribution in [3.63, 3.8) is 0 Å². The maximum atomic E-state index is 14.5. The zero-order valence-corrected chi connectivity index (χ0v) is 44.7. The summed E-state index contributed by atoms with van der Waals surface area (Å²) in [5.41, 5.74) is -0.000820. The number of benzene rings is 4. The fraction of sp³-hybridized carbons (Fsp3) is 0.610. The van der Waals surface area contributed by atoms with E-state index < -0.39 is 112 Å². The number of sulfonamides is 3. The monoisotopic (exact) mass is 1090 g/mol. The quantitative estimate of drug-likeness (QED) is 0.0330. The number of hydrogen-bond donors (Lipinski definition) is 4. The molecule has 0 radical (unpaired) electrons. The van der Waals surface area contributed by atoms with Gasteiger partial charge >= 0.3 is 0 Å². The summed E-state index contributed by atoms with van der Waals surface area (Å²) in [5.74, 6) is -2.62. The predicted molar refractivity (Wildman–Crippen MR) is 262 cm³/mol. The molecule has 0 fully saturated rings. The second-order valence-electron chi connectivity index (χ2n) is 18.1. The molecule has 28 heteroatoms. The molecule has 0 bridgehead atoms. The van der Waals surface area contributed by atoms with Crippen molar-refractivity contribution in [1.82, 2.24) is 12.9 Å². The normalized spacial score (nSPS) is 14.4. The Balaban J connectivity index is 1.86. The van der Waals surface area contributed by atoms with Gasteiger partial charge in [-0.3, -0.25) is 13.7 Å². The van der Waals surface area contributed by atoms with Gasteiger partial charge in [0.15, 0.2) is 0 Å². The molecule has 4 N–H and O–H groups in total. The van der Waals surface area contributed by atoms with Crippen molar-refractivity contribution in [3.8, 4) is 0 Å². The topological polar surface area (TPSA) is 315 Å². The van der Waals surface area contributed by atoms with Gasteiger partial charge in [-0.15, -0.1) is 0 Å². The second-order valence-corrected chi connectivity index (χ2v) is 28.9. The first-order valence-corrected chi connectivity index (χ1v) is 30.8. The molecule has 0 amide bonds. The molecule has 0 aliphatic rings. The second kappa shape index (κ2) is 22.9. The molecule has 392 valence electrons. The van der Waals surface area contributed by atoms with Gasteiger partial charge in [0.05, 0.1) is 58.4 Å². The summed E-state index contributed by atoms with van der Waals surface area (Å²) in [6, 6.07) is 7.10. The van der Waals surface area contributed by atoms with E-state index in [1.165, 1.54) is 30.3 Å². The third kappa shape index (κ3) is 15.8. The number of nitrogens with zero attached hydrogens (tertiary/aromatic N) is 3. The van der Waals surface area contributed by atoms with E-state index in [-0.39, 0.29) is 49.5 Å². The van der Waals surface area contributed by atoms with E-state index in [0.717, 1.165) is 27.2 Å². The predicted octanol–water partition coefficient (Wildman–Crippen LogP) is 3.42. The van der Waals surface area contributed by atoms with Crippen molar-refractivity contribution < 1.29 is 78.4 Å². The van der Waals surface area contributed by atoms with E-state index >= 15 is 0 Å². The first-order valence-electron chi connectivity index (χ1n) is 21.6. The van der Waals surface area contributed by atoms with Gasteiger partial charge in [-0.2, -0.15) is 38.2 Å². The summed E-state index contributed by atoms with van der Waals surface area (Å²) in [6.45, 7) is 10.5. The average molecular weight is 1090 g/mol. The molecular weight excluding hydrogens is 1030 g/mol. The van der Waals surface area contributed by atoms with Crippen molar-refractivity contribution in [2.45, 2.75) is 68.2 Å². The fourth-order valence-corrected chi connectivity index (χ4v) is 13.3. The minimum atomic E-state index is -4.87. The zero-order chi connectivity index (χ0) is 52.1. The maximum absolute atomic E-state index is 14.5. The molecule has 0 heterocycles. The number of anilines is 1. The Bertz CT molecular complexity index is 3040. The lowest BCUT2D eigenvalue weighted by atomic mass is 9.93. The first kappa shape index (κ1) is 58.6. The van der Waals surface area contributed by atoms with Crippen molar-refractivity contribution in [1.29, 1.82) is 0 Å². The van der Waals surface area contributed by atoms with E-state index in [1.807, 2.05) is 20.8 Å². The lowest BCUT2D eigenvalue weighted by Gasteiger charge is -2.26. The lowest BCUT2D eigenvalue weighted by molar-refractivity contribution is -0.0259. The van der Waals surface area contributed by atoms with Crippen molar-refractivity contribution >= 4 is 98.4 Å². The largest absolute Gasteiger partial charge is 0.382 e. The van der Waals surface area contributed by atoms with Crippen molar-refractivity contribution in [3.05, 3.63) is 36.4 Å². The van der Waals surface area contributed by atoms with Gasteiger partial charge in [-0.05, 0) is 37.8 Å². The minimum Gasteiger partial charge on any atom is -0.382 e. The Labute approximate surface area is 406 Å². The Hall–Kier alpha value is -2.94. The van der Waals surface area contributed by atoms with E-state index in [2.05, 4.69) is 19.2 Å². The van der Waals surface area contributed by atoms with Crippen LogP contribution in [0, 0.1) is 11.3 Å². The summed E-state index contributed by atoms with van der Waals surface area (Å²) < 4.78 is 204. The van der Waals surface area contributed by atoms with Gasteiger partial charge in [0.2, 0.25) is 30.1 Å². The summed E-state index contributed by atoms with van der Waals surface area (Å²) in [6.07, 6.45) is 1.02. The highest BCUT2D eigenvalue weighted by atomic mass is 32.2.